The van der Waals surface area contributed by atoms with Crippen molar-refractivity contribution in [1.82, 2.24) is 15.5 Å². The quantitative estimate of drug-likeness (QED) is 0.286. The molecule has 8 heteroatoms. The molecule has 41 heavy (non-hydrogen) atoms. The first-order valence-corrected chi connectivity index (χ1v) is 14.0. The van der Waals surface area contributed by atoms with Crippen LogP contribution in [0.3, 0.4) is 0 Å². The Morgan fingerprint density at radius 2 is 1.83 bits per heavy atom. The molecule has 1 aliphatic rings. The summed E-state index contributed by atoms with van der Waals surface area (Å²) in [5.41, 5.74) is 5.23. The highest BCUT2D eigenvalue weighted by Crippen LogP contribution is 2.27. The van der Waals surface area contributed by atoms with Crippen molar-refractivity contribution in [2.24, 2.45) is 0 Å². The van der Waals surface area contributed by atoms with E-state index in [0.717, 1.165) is 33.4 Å². The Hall–Kier alpha value is -3.72. The number of nitrogens with zero attached hydrogens (tertiary/aromatic N) is 1. The number of aliphatic hydroxyl groups is 2. The van der Waals surface area contributed by atoms with Crippen LogP contribution in [0.15, 0.2) is 66.7 Å². The number of rotatable bonds is 11. The Morgan fingerprint density at radius 3 is 2.51 bits per heavy atom. The molecular formula is C33H41N3O5. The standard InChI is InChI=1S/C33H41N3O5/c1-22(38)18-34-33(2,3)17-31(39)35-30-16-27-15-28(41-4)14-13-25(27)20-36(32(30)40)19-23-9-11-24(12-10-23)29-8-6-5-7-26(29)21-37/h5-15,22,30,34,37-38H,16-21H2,1-4H3,(H,35,39)/t22-,30-/m1/s1. The zero-order valence-corrected chi connectivity index (χ0v) is 24.3. The first kappa shape index (κ1) is 30.2. The van der Waals surface area contributed by atoms with E-state index in [9.17, 15) is 19.8 Å². The van der Waals surface area contributed by atoms with Gasteiger partial charge in [0.1, 0.15) is 11.8 Å². The third-order valence-corrected chi connectivity index (χ3v) is 7.45. The van der Waals surface area contributed by atoms with Gasteiger partial charge in [0.2, 0.25) is 11.8 Å². The summed E-state index contributed by atoms with van der Waals surface area (Å²) in [6.07, 6.45) is -0.00336. The number of nitrogens with one attached hydrogen (secondary N) is 2. The van der Waals surface area contributed by atoms with Gasteiger partial charge in [0.15, 0.2) is 0 Å². The van der Waals surface area contributed by atoms with Crippen molar-refractivity contribution in [1.29, 1.82) is 0 Å². The summed E-state index contributed by atoms with van der Waals surface area (Å²) < 4.78 is 5.43. The van der Waals surface area contributed by atoms with Crippen molar-refractivity contribution in [2.45, 2.75) is 71.0 Å². The summed E-state index contributed by atoms with van der Waals surface area (Å²) in [6, 6.07) is 20.9. The Kier molecular flexibility index (Phi) is 9.81. The van der Waals surface area contributed by atoms with E-state index in [2.05, 4.69) is 10.6 Å². The predicted molar refractivity (Wildman–Crippen MR) is 159 cm³/mol. The van der Waals surface area contributed by atoms with E-state index < -0.39 is 17.7 Å². The van der Waals surface area contributed by atoms with E-state index in [-0.39, 0.29) is 24.8 Å². The van der Waals surface area contributed by atoms with E-state index in [1.54, 1.807) is 18.9 Å². The van der Waals surface area contributed by atoms with Crippen molar-refractivity contribution < 1.29 is 24.5 Å². The Labute approximate surface area is 242 Å². The minimum Gasteiger partial charge on any atom is -0.497 e. The van der Waals surface area contributed by atoms with E-state index in [4.69, 9.17) is 4.74 Å². The minimum absolute atomic E-state index is 0.0364. The molecule has 2 atom stereocenters. The van der Waals surface area contributed by atoms with Gasteiger partial charge in [-0.25, -0.2) is 0 Å². The molecule has 3 aromatic carbocycles. The van der Waals surface area contributed by atoms with Crippen LogP contribution in [0.1, 0.15) is 49.4 Å². The molecule has 1 heterocycles. The number of methoxy groups -OCH3 is 1. The molecule has 0 spiro atoms. The molecule has 0 radical (unpaired) electrons. The summed E-state index contributed by atoms with van der Waals surface area (Å²) in [4.78, 5) is 28.8. The summed E-state index contributed by atoms with van der Waals surface area (Å²) in [5, 5.41) is 25.6. The topological polar surface area (TPSA) is 111 Å². The summed E-state index contributed by atoms with van der Waals surface area (Å²) in [5.74, 6) is 0.333. The average molecular weight is 560 g/mol. The van der Waals surface area contributed by atoms with Gasteiger partial charge in [0.05, 0.1) is 19.8 Å². The van der Waals surface area contributed by atoms with Gasteiger partial charge in [0, 0.05) is 38.0 Å². The van der Waals surface area contributed by atoms with Crippen molar-refractivity contribution in [3.8, 4) is 16.9 Å². The number of ether oxygens (including phenoxy) is 1. The number of aliphatic hydroxyl groups excluding tert-OH is 2. The highest BCUT2D eigenvalue weighted by Gasteiger charge is 2.32. The third kappa shape index (κ3) is 7.94. The molecule has 1 aliphatic heterocycles. The zero-order chi connectivity index (χ0) is 29.6. The van der Waals surface area contributed by atoms with Crippen LogP contribution in [0.5, 0.6) is 5.75 Å². The van der Waals surface area contributed by atoms with Crippen molar-refractivity contribution in [3.63, 3.8) is 0 Å². The maximum absolute atomic E-state index is 13.9. The van der Waals surface area contributed by atoms with Crippen LogP contribution in [0.4, 0.5) is 0 Å². The number of β-amino-alcohol motifs (C(OH)–C–C–N with tert-alkyl or cyclic N) is 1. The zero-order valence-electron chi connectivity index (χ0n) is 24.3. The fourth-order valence-electron chi connectivity index (χ4n) is 5.21. The van der Waals surface area contributed by atoms with Crippen LogP contribution in [-0.2, 0) is 35.7 Å². The van der Waals surface area contributed by atoms with Gasteiger partial charge < -0.3 is 30.5 Å². The average Bonchev–Trinajstić information content (AvgIpc) is 3.07. The molecule has 0 unspecified atom stereocenters. The molecule has 4 N–H and O–H groups in total. The SMILES string of the molecule is COc1ccc2c(c1)C[C@@H](NC(=O)CC(C)(C)NC[C@@H](C)O)C(=O)N(Cc1ccc(-c3ccccc3CO)cc1)C2. The molecule has 8 nitrogen and oxygen atoms in total. The van der Waals surface area contributed by atoms with Crippen molar-refractivity contribution >= 4 is 11.8 Å². The number of benzene rings is 3. The second-order valence-electron chi connectivity index (χ2n) is 11.5. The molecule has 0 aliphatic carbocycles. The van der Waals surface area contributed by atoms with Crippen LogP contribution < -0.4 is 15.4 Å². The molecule has 3 aromatic rings. The van der Waals surface area contributed by atoms with E-state index >= 15 is 0 Å². The smallest absolute Gasteiger partial charge is 0.246 e. The fraction of sp³-hybridized carbons (Fsp3) is 0.394. The van der Waals surface area contributed by atoms with Gasteiger partial charge in [0.25, 0.3) is 0 Å². The monoisotopic (exact) mass is 559 g/mol. The molecule has 0 saturated carbocycles. The number of hydrogen-bond acceptors (Lipinski definition) is 6. The number of amides is 2. The number of fused-ring (bicyclic) bond motifs is 1. The van der Waals surface area contributed by atoms with Gasteiger partial charge in [-0.3, -0.25) is 9.59 Å². The van der Waals surface area contributed by atoms with Crippen LogP contribution in [0, 0.1) is 0 Å². The maximum atomic E-state index is 13.9. The predicted octanol–water partition coefficient (Wildman–Crippen LogP) is 3.56. The normalized spacial score (nSPS) is 16.1. The lowest BCUT2D eigenvalue weighted by Gasteiger charge is -2.29. The first-order valence-electron chi connectivity index (χ1n) is 14.0. The minimum atomic E-state index is -0.723. The molecule has 4 rings (SSSR count). The first-order chi connectivity index (χ1) is 19.6. The Morgan fingerprint density at radius 1 is 1.10 bits per heavy atom. The largest absolute Gasteiger partial charge is 0.497 e. The molecule has 0 fully saturated rings. The fourth-order valence-corrected chi connectivity index (χ4v) is 5.21. The highest BCUT2D eigenvalue weighted by molar-refractivity contribution is 5.89. The van der Waals surface area contributed by atoms with Crippen LogP contribution in [0.2, 0.25) is 0 Å². The van der Waals surface area contributed by atoms with Gasteiger partial charge in [-0.05, 0) is 66.3 Å². The summed E-state index contributed by atoms with van der Waals surface area (Å²) in [7, 11) is 1.61. The van der Waals surface area contributed by atoms with Crippen molar-refractivity contribution in [3.05, 3.63) is 89.0 Å². The number of carbonyl (C=O) groups is 2. The lowest BCUT2D eigenvalue weighted by molar-refractivity contribution is -0.137. The third-order valence-electron chi connectivity index (χ3n) is 7.45. The Balaban J connectivity index is 1.55. The van der Waals surface area contributed by atoms with E-state index in [0.29, 0.717) is 31.8 Å². The lowest BCUT2D eigenvalue weighted by atomic mass is 9.98. The molecule has 0 saturated heterocycles. The van der Waals surface area contributed by atoms with Crippen molar-refractivity contribution in [2.75, 3.05) is 13.7 Å². The molecule has 0 bridgehead atoms. The van der Waals surface area contributed by atoms with E-state index in [1.807, 2.05) is 80.6 Å². The van der Waals surface area contributed by atoms with Gasteiger partial charge in [-0.15, -0.1) is 0 Å². The van der Waals surface area contributed by atoms with Crippen LogP contribution in [0.25, 0.3) is 11.1 Å². The molecule has 0 aromatic heterocycles. The summed E-state index contributed by atoms with van der Waals surface area (Å²) >= 11 is 0. The number of hydrogen-bond donors (Lipinski definition) is 4. The maximum Gasteiger partial charge on any atom is 0.246 e. The van der Waals surface area contributed by atoms with Crippen LogP contribution in [-0.4, -0.2) is 58.3 Å². The van der Waals surface area contributed by atoms with Gasteiger partial charge in [-0.2, -0.15) is 0 Å². The number of carbonyl (C=O) groups excluding carboxylic acids is 2. The molecule has 218 valence electrons. The van der Waals surface area contributed by atoms with Gasteiger partial charge in [-0.1, -0.05) is 54.6 Å². The highest BCUT2D eigenvalue weighted by atomic mass is 16.5. The Bertz CT molecular complexity index is 1350. The second-order valence-corrected chi connectivity index (χ2v) is 11.5. The molecule has 2 amide bonds. The second kappa shape index (κ2) is 13.3. The summed E-state index contributed by atoms with van der Waals surface area (Å²) in [6.45, 7) is 6.63. The molecular weight excluding hydrogens is 518 g/mol. The lowest BCUT2D eigenvalue weighted by Crippen LogP contribution is -2.51. The van der Waals surface area contributed by atoms with E-state index in [1.165, 1.54) is 0 Å². The van der Waals surface area contributed by atoms with Gasteiger partial charge >= 0.3 is 0 Å². The van der Waals surface area contributed by atoms with Crippen LogP contribution >= 0.6 is 0 Å².